The molecule has 7 heteroatoms. The topological polar surface area (TPSA) is 67.0 Å². The number of fused-ring (bicyclic) bond motifs is 1. The first kappa shape index (κ1) is 18.3. The molecule has 4 rings (SSSR count). The van der Waals surface area contributed by atoms with Gasteiger partial charge in [0.05, 0.1) is 15.6 Å². The van der Waals surface area contributed by atoms with Crippen molar-refractivity contribution in [3.05, 3.63) is 87.9 Å². The van der Waals surface area contributed by atoms with Gasteiger partial charge >= 0.3 is 0 Å². The van der Waals surface area contributed by atoms with E-state index in [9.17, 15) is 4.79 Å². The van der Waals surface area contributed by atoms with E-state index < -0.39 is 0 Å². The van der Waals surface area contributed by atoms with Crippen LogP contribution in [0.3, 0.4) is 0 Å². The predicted molar refractivity (Wildman–Crippen MR) is 111 cm³/mol. The molecule has 4 aromatic rings. The van der Waals surface area contributed by atoms with E-state index in [2.05, 4.69) is 15.5 Å². The molecule has 1 aromatic heterocycles. The number of carbonyl (C=O) groups excluding carboxylic acids is 1. The van der Waals surface area contributed by atoms with Crippen molar-refractivity contribution in [2.24, 2.45) is 0 Å². The van der Waals surface area contributed by atoms with E-state index in [4.69, 9.17) is 27.9 Å². The van der Waals surface area contributed by atoms with Crippen LogP contribution in [0.15, 0.2) is 66.7 Å². The Balaban J connectivity index is 1.48. The van der Waals surface area contributed by atoms with E-state index in [1.165, 1.54) is 0 Å². The number of aromatic nitrogens is 2. The molecule has 0 saturated heterocycles. The van der Waals surface area contributed by atoms with Gasteiger partial charge in [-0.3, -0.25) is 9.89 Å². The maximum absolute atomic E-state index is 12.3. The molecule has 0 aliphatic heterocycles. The maximum Gasteiger partial charge on any atom is 0.256 e. The molecule has 0 aliphatic rings. The van der Waals surface area contributed by atoms with E-state index >= 15 is 0 Å². The highest BCUT2D eigenvalue weighted by atomic mass is 35.5. The van der Waals surface area contributed by atoms with E-state index in [1.807, 2.05) is 42.5 Å². The van der Waals surface area contributed by atoms with Crippen molar-refractivity contribution in [3.63, 3.8) is 0 Å². The second kappa shape index (κ2) is 7.92. The minimum absolute atomic E-state index is 0.214. The van der Waals surface area contributed by atoms with Gasteiger partial charge in [0.1, 0.15) is 12.4 Å². The summed E-state index contributed by atoms with van der Waals surface area (Å²) in [7, 11) is 0. The van der Waals surface area contributed by atoms with Crippen LogP contribution in [0.5, 0.6) is 5.75 Å². The zero-order valence-electron chi connectivity index (χ0n) is 14.6. The van der Waals surface area contributed by atoms with Crippen molar-refractivity contribution in [3.8, 4) is 5.75 Å². The Morgan fingerprint density at radius 1 is 1.00 bits per heavy atom. The normalized spacial score (nSPS) is 10.8. The molecule has 1 amide bonds. The minimum Gasteiger partial charge on any atom is -0.489 e. The van der Waals surface area contributed by atoms with Crippen LogP contribution in [0.2, 0.25) is 10.0 Å². The molecule has 0 spiro atoms. The monoisotopic (exact) mass is 411 g/mol. The first-order valence-electron chi connectivity index (χ1n) is 8.51. The third kappa shape index (κ3) is 3.96. The Labute approximate surface area is 171 Å². The smallest absolute Gasteiger partial charge is 0.256 e. The Hall–Kier alpha value is -3.02. The molecular formula is C21H15Cl2N3O2. The van der Waals surface area contributed by atoms with Crippen molar-refractivity contribution < 1.29 is 9.53 Å². The third-order valence-electron chi connectivity index (χ3n) is 4.19. The van der Waals surface area contributed by atoms with Gasteiger partial charge in [-0.2, -0.15) is 5.10 Å². The van der Waals surface area contributed by atoms with Crippen LogP contribution in [0.25, 0.3) is 10.9 Å². The summed E-state index contributed by atoms with van der Waals surface area (Å²) in [4.78, 5) is 12.3. The molecule has 5 nitrogen and oxygen atoms in total. The van der Waals surface area contributed by atoms with Gasteiger partial charge in [0.25, 0.3) is 5.91 Å². The Bertz CT molecular complexity index is 1140. The SMILES string of the molecule is O=C(Nc1n[nH]c2cc(OCc3ccc(Cl)c(Cl)c3)ccc12)c1ccccc1. The fourth-order valence-corrected chi connectivity index (χ4v) is 3.07. The molecule has 28 heavy (non-hydrogen) atoms. The van der Waals surface area contributed by atoms with Crippen LogP contribution < -0.4 is 10.1 Å². The first-order chi connectivity index (χ1) is 13.6. The number of nitrogens with one attached hydrogen (secondary N) is 2. The third-order valence-corrected chi connectivity index (χ3v) is 4.93. The summed E-state index contributed by atoms with van der Waals surface area (Å²) in [5, 5.41) is 11.7. The van der Waals surface area contributed by atoms with Crippen molar-refractivity contribution in [2.75, 3.05) is 5.32 Å². The number of rotatable bonds is 5. The predicted octanol–water partition coefficient (Wildman–Crippen LogP) is 5.70. The highest BCUT2D eigenvalue weighted by molar-refractivity contribution is 6.42. The lowest BCUT2D eigenvalue weighted by molar-refractivity contribution is 0.102. The average molecular weight is 412 g/mol. The number of carbonyl (C=O) groups is 1. The summed E-state index contributed by atoms with van der Waals surface area (Å²) in [6.45, 7) is 0.355. The van der Waals surface area contributed by atoms with Gasteiger partial charge in [-0.25, -0.2) is 0 Å². The molecule has 0 atom stereocenters. The van der Waals surface area contributed by atoms with Crippen LogP contribution in [0, 0.1) is 0 Å². The maximum atomic E-state index is 12.3. The van der Waals surface area contributed by atoms with Crippen molar-refractivity contribution >= 4 is 45.8 Å². The summed E-state index contributed by atoms with van der Waals surface area (Å²) in [5.41, 5.74) is 2.24. The molecule has 0 saturated carbocycles. The quantitative estimate of drug-likeness (QED) is 0.442. The van der Waals surface area contributed by atoms with Gasteiger partial charge in [-0.05, 0) is 42.0 Å². The Kier molecular flexibility index (Phi) is 5.19. The summed E-state index contributed by atoms with van der Waals surface area (Å²) in [5.74, 6) is 0.928. The fourth-order valence-electron chi connectivity index (χ4n) is 2.75. The summed E-state index contributed by atoms with van der Waals surface area (Å²) in [6, 6.07) is 19.9. The Morgan fingerprint density at radius 2 is 1.82 bits per heavy atom. The lowest BCUT2D eigenvalue weighted by Crippen LogP contribution is -2.12. The van der Waals surface area contributed by atoms with Crippen LogP contribution in [0.4, 0.5) is 5.82 Å². The molecular weight excluding hydrogens is 397 g/mol. The largest absolute Gasteiger partial charge is 0.489 e. The second-order valence-electron chi connectivity index (χ2n) is 6.14. The van der Waals surface area contributed by atoms with Gasteiger partial charge in [0.15, 0.2) is 5.82 Å². The van der Waals surface area contributed by atoms with Crippen molar-refractivity contribution in [1.29, 1.82) is 0 Å². The molecule has 0 aliphatic carbocycles. The van der Waals surface area contributed by atoms with Crippen molar-refractivity contribution in [2.45, 2.75) is 6.61 Å². The summed E-state index contributed by atoms with van der Waals surface area (Å²) in [6.07, 6.45) is 0. The average Bonchev–Trinajstić information content (AvgIpc) is 3.11. The Morgan fingerprint density at radius 3 is 2.61 bits per heavy atom. The zero-order valence-corrected chi connectivity index (χ0v) is 16.1. The zero-order chi connectivity index (χ0) is 19.5. The molecule has 1 heterocycles. The number of aromatic amines is 1. The van der Waals surface area contributed by atoms with Gasteiger partial charge in [0.2, 0.25) is 0 Å². The number of H-pyrrole nitrogens is 1. The van der Waals surface area contributed by atoms with E-state index in [1.54, 1.807) is 24.3 Å². The van der Waals surface area contributed by atoms with Gasteiger partial charge in [-0.1, -0.05) is 47.5 Å². The number of hydrogen-bond acceptors (Lipinski definition) is 3. The fraction of sp³-hybridized carbons (Fsp3) is 0.0476. The summed E-state index contributed by atoms with van der Waals surface area (Å²) >= 11 is 12.0. The van der Waals surface area contributed by atoms with Crippen LogP contribution in [-0.4, -0.2) is 16.1 Å². The van der Waals surface area contributed by atoms with Crippen LogP contribution in [0.1, 0.15) is 15.9 Å². The molecule has 0 fully saturated rings. The molecule has 0 radical (unpaired) electrons. The van der Waals surface area contributed by atoms with Gasteiger partial charge in [-0.15, -0.1) is 0 Å². The number of benzene rings is 3. The lowest BCUT2D eigenvalue weighted by Gasteiger charge is -2.07. The minimum atomic E-state index is -0.214. The molecule has 0 unspecified atom stereocenters. The number of hydrogen-bond donors (Lipinski definition) is 2. The van der Waals surface area contributed by atoms with E-state index in [0.29, 0.717) is 33.8 Å². The van der Waals surface area contributed by atoms with Crippen LogP contribution >= 0.6 is 23.2 Å². The number of halogens is 2. The molecule has 0 bridgehead atoms. The standard InChI is InChI=1S/C21H15Cl2N3O2/c22-17-9-6-13(10-18(17)23)12-28-15-7-8-16-19(11-15)25-26-20(16)24-21(27)14-4-2-1-3-5-14/h1-11H,12H2,(H2,24,25,26,27). The first-order valence-corrected chi connectivity index (χ1v) is 9.27. The second-order valence-corrected chi connectivity index (χ2v) is 6.95. The highest BCUT2D eigenvalue weighted by Gasteiger charge is 2.11. The number of nitrogens with zero attached hydrogens (tertiary/aromatic N) is 1. The lowest BCUT2D eigenvalue weighted by atomic mass is 10.2. The number of amides is 1. The number of anilines is 1. The summed E-state index contributed by atoms with van der Waals surface area (Å²) < 4.78 is 5.82. The van der Waals surface area contributed by atoms with E-state index in [0.717, 1.165) is 16.5 Å². The van der Waals surface area contributed by atoms with Crippen molar-refractivity contribution in [1.82, 2.24) is 10.2 Å². The van der Waals surface area contributed by atoms with E-state index in [-0.39, 0.29) is 5.91 Å². The number of ether oxygens (including phenoxy) is 1. The highest BCUT2D eigenvalue weighted by Crippen LogP contribution is 2.27. The molecule has 2 N–H and O–H groups in total. The molecule has 3 aromatic carbocycles. The van der Waals surface area contributed by atoms with Gasteiger partial charge in [0, 0.05) is 17.0 Å². The van der Waals surface area contributed by atoms with Crippen LogP contribution in [-0.2, 0) is 6.61 Å². The van der Waals surface area contributed by atoms with Gasteiger partial charge < -0.3 is 10.1 Å². The molecule has 140 valence electrons.